The Kier molecular flexibility index (Phi) is 6.02. The summed E-state index contributed by atoms with van der Waals surface area (Å²) in [4.78, 5) is 24.5. The van der Waals surface area contributed by atoms with Crippen molar-refractivity contribution in [3.63, 3.8) is 0 Å². The molecule has 1 aromatic carbocycles. The lowest BCUT2D eigenvalue weighted by molar-refractivity contribution is -0.0329. The van der Waals surface area contributed by atoms with Crippen molar-refractivity contribution in [3.8, 4) is 0 Å². The summed E-state index contributed by atoms with van der Waals surface area (Å²) in [5.74, 6) is 0. The first-order valence-electron chi connectivity index (χ1n) is 7.78. The molecule has 6 heteroatoms. The zero-order valence-corrected chi connectivity index (χ0v) is 13.5. The Morgan fingerprint density at radius 3 is 2.39 bits per heavy atom. The van der Waals surface area contributed by atoms with E-state index in [4.69, 9.17) is 9.47 Å². The summed E-state index contributed by atoms with van der Waals surface area (Å²) in [6, 6.07) is 9.50. The molecule has 124 valence electrons. The maximum Gasteiger partial charge on any atom is 0.429 e. The Hall–Kier alpha value is -2.50. The first-order chi connectivity index (χ1) is 11.2. The molecular formula is C17H22N2O4. The highest BCUT2D eigenvalue weighted by Crippen LogP contribution is 2.19. The number of carbonyl (C=O) groups is 2. The molecule has 1 atom stereocenters. The van der Waals surface area contributed by atoms with Gasteiger partial charge in [0.25, 0.3) is 0 Å². The standard InChI is InChI=1S/C17H22N2O4/c1-3-22-16(20)18-12-8-11-15(19(18)17(21)23-4-2)13-14-9-6-5-7-10-14/h5-11,15H,3-4,12-13H2,1-2H3/t15-/m0/s1. The van der Waals surface area contributed by atoms with Gasteiger partial charge in [-0.2, -0.15) is 0 Å². The largest absolute Gasteiger partial charge is 0.448 e. The molecule has 1 heterocycles. The van der Waals surface area contributed by atoms with Gasteiger partial charge in [0.05, 0.1) is 25.8 Å². The molecule has 0 aromatic heterocycles. The quantitative estimate of drug-likeness (QED) is 0.801. The molecule has 0 unspecified atom stereocenters. The minimum atomic E-state index is -0.553. The van der Waals surface area contributed by atoms with E-state index in [0.29, 0.717) is 6.42 Å². The number of hydrazine groups is 1. The second-order valence-electron chi connectivity index (χ2n) is 5.01. The van der Waals surface area contributed by atoms with Gasteiger partial charge in [0.2, 0.25) is 0 Å². The van der Waals surface area contributed by atoms with Gasteiger partial charge in [0.15, 0.2) is 0 Å². The number of hydrogen-bond donors (Lipinski definition) is 0. The minimum Gasteiger partial charge on any atom is -0.448 e. The molecule has 0 saturated carbocycles. The van der Waals surface area contributed by atoms with Crippen molar-refractivity contribution in [2.75, 3.05) is 19.8 Å². The molecule has 2 amide bonds. The van der Waals surface area contributed by atoms with Gasteiger partial charge in [-0.05, 0) is 25.8 Å². The fraction of sp³-hybridized carbons (Fsp3) is 0.412. The predicted molar refractivity (Wildman–Crippen MR) is 85.7 cm³/mol. The highest BCUT2D eigenvalue weighted by atomic mass is 16.6. The Balaban J connectivity index is 2.23. The Labute approximate surface area is 136 Å². The molecule has 0 radical (unpaired) electrons. The van der Waals surface area contributed by atoms with Crippen molar-refractivity contribution < 1.29 is 19.1 Å². The molecule has 0 spiro atoms. The van der Waals surface area contributed by atoms with Crippen LogP contribution in [-0.4, -0.2) is 48.0 Å². The van der Waals surface area contributed by atoms with Crippen LogP contribution < -0.4 is 0 Å². The van der Waals surface area contributed by atoms with E-state index in [9.17, 15) is 9.59 Å². The van der Waals surface area contributed by atoms with Gasteiger partial charge in [-0.1, -0.05) is 42.5 Å². The van der Waals surface area contributed by atoms with Crippen LogP contribution in [0.4, 0.5) is 9.59 Å². The van der Waals surface area contributed by atoms with Gasteiger partial charge in [-0.25, -0.2) is 19.6 Å². The first-order valence-corrected chi connectivity index (χ1v) is 7.78. The van der Waals surface area contributed by atoms with Crippen molar-refractivity contribution in [2.24, 2.45) is 0 Å². The van der Waals surface area contributed by atoms with E-state index in [1.807, 2.05) is 42.5 Å². The summed E-state index contributed by atoms with van der Waals surface area (Å²) in [5.41, 5.74) is 1.07. The summed E-state index contributed by atoms with van der Waals surface area (Å²) < 4.78 is 10.2. The van der Waals surface area contributed by atoms with Gasteiger partial charge in [-0.15, -0.1) is 0 Å². The topological polar surface area (TPSA) is 59.1 Å². The lowest BCUT2D eigenvalue weighted by Crippen LogP contribution is -2.57. The van der Waals surface area contributed by atoms with Gasteiger partial charge < -0.3 is 9.47 Å². The summed E-state index contributed by atoms with van der Waals surface area (Å²) >= 11 is 0. The van der Waals surface area contributed by atoms with Crippen molar-refractivity contribution in [2.45, 2.75) is 26.3 Å². The van der Waals surface area contributed by atoms with Crippen molar-refractivity contribution in [3.05, 3.63) is 48.0 Å². The Morgan fingerprint density at radius 2 is 1.74 bits per heavy atom. The van der Waals surface area contributed by atoms with Crippen molar-refractivity contribution >= 4 is 12.2 Å². The molecule has 1 aromatic rings. The number of nitrogens with zero attached hydrogens (tertiary/aromatic N) is 2. The fourth-order valence-electron chi connectivity index (χ4n) is 2.46. The van der Waals surface area contributed by atoms with Crippen LogP contribution in [0, 0.1) is 0 Å². The zero-order chi connectivity index (χ0) is 16.7. The average molecular weight is 318 g/mol. The van der Waals surface area contributed by atoms with Crippen LogP contribution in [0.3, 0.4) is 0 Å². The molecule has 1 aliphatic heterocycles. The second kappa shape index (κ2) is 8.22. The smallest absolute Gasteiger partial charge is 0.429 e. The van der Waals surface area contributed by atoms with E-state index in [1.54, 1.807) is 13.8 Å². The highest BCUT2D eigenvalue weighted by Gasteiger charge is 2.35. The van der Waals surface area contributed by atoms with E-state index in [0.717, 1.165) is 5.56 Å². The lowest BCUT2D eigenvalue weighted by atomic mass is 10.0. The van der Waals surface area contributed by atoms with Gasteiger partial charge in [0, 0.05) is 0 Å². The Morgan fingerprint density at radius 1 is 1.09 bits per heavy atom. The fourth-order valence-corrected chi connectivity index (χ4v) is 2.46. The summed E-state index contributed by atoms with van der Waals surface area (Å²) in [6.45, 7) is 4.24. The second-order valence-corrected chi connectivity index (χ2v) is 5.01. The molecule has 0 N–H and O–H groups in total. The molecule has 1 aliphatic rings. The third-order valence-corrected chi connectivity index (χ3v) is 3.43. The van der Waals surface area contributed by atoms with E-state index >= 15 is 0 Å². The maximum absolute atomic E-state index is 12.3. The minimum absolute atomic E-state index is 0.244. The van der Waals surface area contributed by atoms with Crippen LogP contribution in [0.1, 0.15) is 19.4 Å². The monoisotopic (exact) mass is 318 g/mol. The summed E-state index contributed by atoms with van der Waals surface area (Å²) in [6.07, 6.45) is 3.26. The van der Waals surface area contributed by atoms with Gasteiger partial charge >= 0.3 is 12.2 Å². The SMILES string of the molecule is CCOC(=O)N1CC=C[C@@H](Cc2ccccc2)N1C(=O)OCC. The Bertz CT molecular complexity index is 559. The average Bonchev–Trinajstić information content (AvgIpc) is 2.56. The summed E-state index contributed by atoms with van der Waals surface area (Å²) in [5, 5.41) is 2.63. The lowest BCUT2D eigenvalue weighted by Gasteiger charge is -2.39. The molecule has 0 fully saturated rings. The van der Waals surface area contributed by atoms with E-state index in [1.165, 1.54) is 10.0 Å². The number of rotatable bonds is 4. The normalized spacial score (nSPS) is 17.0. The van der Waals surface area contributed by atoms with Crippen LogP contribution in [0.15, 0.2) is 42.5 Å². The van der Waals surface area contributed by atoms with Crippen molar-refractivity contribution in [1.82, 2.24) is 10.0 Å². The zero-order valence-electron chi connectivity index (χ0n) is 13.5. The summed E-state index contributed by atoms with van der Waals surface area (Å²) in [7, 11) is 0. The third-order valence-electron chi connectivity index (χ3n) is 3.43. The number of benzene rings is 1. The first kappa shape index (κ1) is 16.9. The molecule has 0 saturated heterocycles. The van der Waals surface area contributed by atoms with Crippen LogP contribution in [-0.2, 0) is 15.9 Å². The van der Waals surface area contributed by atoms with E-state index in [-0.39, 0.29) is 25.8 Å². The number of carbonyl (C=O) groups excluding carboxylic acids is 2. The van der Waals surface area contributed by atoms with Crippen molar-refractivity contribution in [1.29, 1.82) is 0 Å². The molecular weight excluding hydrogens is 296 g/mol. The highest BCUT2D eigenvalue weighted by molar-refractivity contribution is 5.75. The maximum atomic E-state index is 12.3. The van der Waals surface area contributed by atoms with Gasteiger partial charge in [0.1, 0.15) is 0 Å². The van der Waals surface area contributed by atoms with Crippen LogP contribution in [0.5, 0.6) is 0 Å². The molecule has 0 bridgehead atoms. The van der Waals surface area contributed by atoms with E-state index < -0.39 is 12.2 Å². The van der Waals surface area contributed by atoms with E-state index in [2.05, 4.69) is 0 Å². The number of amides is 2. The third kappa shape index (κ3) is 4.25. The molecule has 6 nitrogen and oxygen atoms in total. The van der Waals surface area contributed by atoms with Gasteiger partial charge in [-0.3, -0.25) is 0 Å². The molecule has 0 aliphatic carbocycles. The predicted octanol–water partition coefficient (Wildman–Crippen LogP) is 3.00. The van der Waals surface area contributed by atoms with Crippen LogP contribution in [0.25, 0.3) is 0 Å². The number of ether oxygens (including phenoxy) is 2. The van der Waals surface area contributed by atoms with Crippen LogP contribution >= 0.6 is 0 Å². The number of hydrogen-bond acceptors (Lipinski definition) is 4. The molecule has 23 heavy (non-hydrogen) atoms. The molecule has 2 rings (SSSR count). The van der Waals surface area contributed by atoms with Crippen LogP contribution in [0.2, 0.25) is 0 Å².